The zero-order valence-corrected chi connectivity index (χ0v) is 17.4. The van der Waals surface area contributed by atoms with Crippen LogP contribution in [0, 0.1) is 0 Å². The topological polar surface area (TPSA) is 78.9 Å². The summed E-state index contributed by atoms with van der Waals surface area (Å²) in [6, 6.07) is 6.56. The van der Waals surface area contributed by atoms with E-state index >= 15 is 0 Å². The SMILES string of the molecule is O=S(=O)(c1ccccc1OC(F)(F)F)N1CCN(c2ccnc(N3CCCC3)n2)CC1. The quantitative estimate of drug-likeness (QED) is 0.683. The molecule has 4 rings (SSSR count). The molecule has 2 saturated heterocycles. The van der Waals surface area contributed by atoms with Crippen molar-refractivity contribution in [3.05, 3.63) is 36.5 Å². The fraction of sp³-hybridized carbons (Fsp3) is 0.474. The van der Waals surface area contributed by atoms with Crippen molar-refractivity contribution in [2.75, 3.05) is 49.1 Å². The van der Waals surface area contributed by atoms with Crippen LogP contribution in [0.25, 0.3) is 0 Å². The number of anilines is 2. The number of alkyl halides is 3. The molecule has 2 aromatic rings. The third-order valence-electron chi connectivity index (χ3n) is 5.27. The first kappa shape index (κ1) is 21.6. The van der Waals surface area contributed by atoms with Gasteiger partial charge in [-0.3, -0.25) is 0 Å². The molecule has 31 heavy (non-hydrogen) atoms. The molecule has 0 N–H and O–H groups in total. The number of hydrogen-bond acceptors (Lipinski definition) is 7. The number of aromatic nitrogens is 2. The first-order valence-electron chi connectivity index (χ1n) is 9.92. The monoisotopic (exact) mass is 457 g/mol. The number of ether oxygens (including phenoxy) is 1. The van der Waals surface area contributed by atoms with Gasteiger partial charge in [-0.15, -0.1) is 13.2 Å². The highest BCUT2D eigenvalue weighted by molar-refractivity contribution is 7.89. The number of hydrogen-bond donors (Lipinski definition) is 0. The molecule has 8 nitrogen and oxygen atoms in total. The van der Waals surface area contributed by atoms with E-state index in [1.165, 1.54) is 16.4 Å². The summed E-state index contributed by atoms with van der Waals surface area (Å²) in [6.45, 7) is 2.77. The second-order valence-corrected chi connectivity index (χ2v) is 9.20. The lowest BCUT2D eigenvalue weighted by molar-refractivity contribution is -0.275. The number of piperazine rings is 1. The van der Waals surface area contributed by atoms with Gasteiger partial charge >= 0.3 is 6.36 Å². The van der Waals surface area contributed by atoms with E-state index in [1.807, 2.05) is 4.90 Å². The van der Waals surface area contributed by atoms with Crippen molar-refractivity contribution >= 4 is 21.8 Å². The Labute approximate surface area is 178 Å². The summed E-state index contributed by atoms with van der Waals surface area (Å²) < 4.78 is 69.1. The summed E-state index contributed by atoms with van der Waals surface area (Å²) in [6.07, 6.45) is -1.10. The van der Waals surface area contributed by atoms with Crippen LogP contribution in [0.5, 0.6) is 5.75 Å². The summed E-state index contributed by atoms with van der Waals surface area (Å²) in [5, 5.41) is 0. The van der Waals surface area contributed by atoms with Crippen LogP contribution in [0.2, 0.25) is 0 Å². The first-order chi connectivity index (χ1) is 14.7. The van der Waals surface area contributed by atoms with Crippen molar-refractivity contribution in [1.29, 1.82) is 0 Å². The molecule has 1 aromatic carbocycles. The Balaban J connectivity index is 1.47. The number of sulfonamides is 1. The van der Waals surface area contributed by atoms with E-state index in [4.69, 9.17) is 0 Å². The Bertz CT molecular complexity index is 1020. The normalized spacial score (nSPS) is 18.4. The standard InChI is InChI=1S/C19H22F3N5O3S/c20-19(21,22)30-15-5-1-2-6-16(15)31(28,29)27-13-11-25(12-14-27)17-7-8-23-18(24-17)26-9-3-4-10-26/h1-2,5-8H,3-4,9-14H2. The molecule has 0 amide bonds. The third kappa shape index (κ3) is 4.85. The smallest absolute Gasteiger partial charge is 0.404 e. The maximum atomic E-state index is 13.0. The van der Waals surface area contributed by atoms with Gasteiger partial charge in [-0.1, -0.05) is 12.1 Å². The zero-order chi connectivity index (χ0) is 22.1. The molecule has 0 spiro atoms. The van der Waals surface area contributed by atoms with Crippen LogP contribution >= 0.6 is 0 Å². The fourth-order valence-corrected chi connectivity index (χ4v) is 5.29. The van der Waals surface area contributed by atoms with Crippen LogP contribution in [0.3, 0.4) is 0 Å². The highest BCUT2D eigenvalue weighted by atomic mass is 32.2. The van der Waals surface area contributed by atoms with Crippen molar-refractivity contribution in [3.8, 4) is 5.75 Å². The Morgan fingerprint density at radius 2 is 1.58 bits per heavy atom. The lowest BCUT2D eigenvalue weighted by Crippen LogP contribution is -2.49. The van der Waals surface area contributed by atoms with Crippen LogP contribution in [0.15, 0.2) is 41.4 Å². The molecule has 2 fully saturated rings. The third-order valence-corrected chi connectivity index (χ3v) is 7.21. The molecule has 0 saturated carbocycles. The van der Waals surface area contributed by atoms with Gasteiger partial charge in [-0.05, 0) is 31.0 Å². The maximum absolute atomic E-state index is 13.0. The minimum Gasteiger partial charge on any atom is -0.404 e. The number of nitrogens with zero attached hydrogens (tertiary/aromatic N) is 5. The number of rotatable bonds is 5. The molecular formula is C19H22F3N5O3S. The van der Waals surface area contributed by atoms with E-state index in [0.29, 0.717) is 24.9 Å². The van der Waals surface area contributed by atoms with Crippen molar-refractivity contribution in [3.63, 3.8) is 0 Å². The molecule has 0 aliphatic carbocycles. The summed E-state index contributed by atoms with van der Waals surface area (Å²) >= 11 is 0. The molecule has 2 aliphatic rings. The lowest BCUT2D eigenvalue weighted by Gasteiger charge is -2.35. The van der Waals surface area contributed by atoms with Gasteiger partial charge in [0.15, 0.2) is 0 Å². The van der Waals surface area contributed by atoms with E-state index in [9.17, 15) is 21.6 Å². The molecule has 12 heteroatoms. The molecule has 1 aromatic heterocycles. The van der Waals surface area contributed by atoms with Gasteiger partial charge in [0, 0.05) is 45.5 Å². The largest absolute Gasteiger partial charge is 0.573 e. The van der Waals surface area contributed by atoms with Gasteiger partial charge in [-0.25, -0.2) is 13.4 Å². The van der Waals surface area contributed by atoms with Gasteiger partial charge in [-0.2, -0.15) is 9.29 Å². The van der Waals surface area contributed by atoms with Gasteiger partial charge in [0.05, 0.1) is 0 Å². The van der Waals surface area contributed by atoms with Crippen molar-refractivity contribution < 1.29 is 26.3 Å². The van der Waals surface area contributed by atoms with Gasteiger partial charge in [0.1, 0.15) is 16.5 Å². The molecule has 0 atom stereocenters. The number of para-hydroxylation sites is 1. The average Bonchev–Trinajstić information content (AvgIpc) is 3.28. The summed E-state index contributed by atoms with van der Waals surface area (Å²) in [5.74, 6) is 0.626. The molecule has 168 valence electrons. The maximum Gasteiger partial charge on any atom is 0.573 e. The summed E-state index contributed by atoms with van der Waals surface area (Å²) in [5.41, 5.74) is 0. The fourth-order valence-electron chi connectivity index (χ4n) is 3.75. The van der Waals surface area contributed by atoms with Crippen LogP contribution in [0.1, 0.15) is 12.8 Å². The van der Waals surface area contributed by atoms with Crippen molar-refractivity contribution in [1.82, 2.24) is 14.3 Å². The van der Waals surface area contributed by atoms with Gasteiger partial charge in [0.2, 0.25) is 16.0 Å². The highest BCUT2D eigenvalue weighted by Gasteiger charge is 2.36. The van der Waals surface area contributed by atoms with Crippen molar-refractivity contribution in [2.45, 2.75) is 24.1 Å². The minimum absolute atomic E-state index is 0.117. The second-order valence-electron chi connectivity index (χ2n) is 7.29. The Morgan fingerprint density at radius 1 is 0.903 bits per heavy atom. The Kier molecular flexibility index (Phi) is 5.93. The van der Waals surface area contributed by atoms with E-state index in [2.05, 4.69) is 19.6 Å². The first-order valence-corrected chi connectivity index (χ1v) is 11.4. The van der Waals surface area contributed by atoms with Crippen molar-refractivity contribution in [2.24, 2.45) is 0 Å². The molecule has 0 radical (unpaired) electrons. The predicted octanol–water partition coefficient (Wildman–Crippen LogP) is 2.49. The van der Waals surface area contributed by atoms with Gasteiger partial charge < -0.3 is 14.5 Å². The van der Waals surface area contributed by atoms with E-state index in [0.717, 1.165) is 38.1 Å². The summed E-state index contributed by atoms with van der Waals surface area (Å²) in [7, 11) is -4.15. The average molecular weight is 457 g/mol. The number of halogens is 3. The van der Waals surface area contributed by atoms with E-state index in [-0.39, 0.29) is 13.1 Å². The van der Waals surface area contributed by atoms with Crippen LogP contribution in [0.4, 0.5) is 24.9 Å². The van der Waals surface area contributed by atoms with Gasteiger partial charge in [0.25, 0.3) is 0 Å². The Morgan fingerprint density at radius 3 is 2.26 bits per heavy atom. The summed E-state index contributed by atoms with van der Waals surface area (Å²) in [4.78, 5) is 12.5. The zero-order valence-electron chi connectivity index (χ0n) is 16.6. The molecule has 0 unspecified atom stereocenters. The van der Waals surface area contributed by atoms with Crippen LogP contribution < -0.4 is 14.5 Å². The van der Waals surface area contributed by atoms with Crippen LogP contribution in [-0.4, -0.2) is 68.3 Å². The van der Waals surface area contributed by atoms with E-state index < -0.39 is 27.0 Å². The van der Waals surface area contributed by atoms with Crippen LogP contribution in [-0.2, 0) is 10.0 Å². The second kappa shape index (κ2) is 8.50. The highest BCUT2D eigenvalue weighted by Crippen LogP contribution is 2.32. The van der Waals surface area contributed by atoms with E-state index in [1.54, 1.807) is 12.3 Å². The molecule has 3 heterocycles. The molecular weight excluding hydrogens is 435 g/mol. The number of benzene rings is 1. The molecule has 0 bridgehead atoms. The Hall–Kier alpha value is -2.60. The minimum atomic E-state index is -4.98. The predicted molar refractivity (Wildman–Crippen MR) is 108 cm³/mol. The lowest BCUT2D eigenvalue weighted by atomic mass is 10.3. The molecule has 2 aliphatic heterocycles.